The third kappa shape index (κ3) is 3.51. The van der Waals surface area contributed by atoms with Crippen LogP contribution in [0, 0.1) is 52.3 Å². The molecule has 1 N–H and O–H groups in total. The molecule has 9 atom stereocenters. The molecular weight excluding hydrogens is 372 g/mol. The Labute approximate surface area is 183 Å². The molecule has 4 rings (SSSR count). The molecule has 170 valence electrons. The van der Waals surface area contributed by atoms with Gasteiger partial charge in [0.15, 0.2) is 0 Å². The zero-order chi connectivity index (χ0) is 21.8. The van der Waals surface area contributed by atoms with Gasteiger partial charge in [-0.3, -0.25) is 9.59 Å². The van der Waals surface area contributed by atoms with Crippen LogP contribution in [0.4, 0.5) is 0 Å². The van der Waals surface area contributed by atoms with Gasteiger partial charge < -0.3 is 5.11 Å². The second-order valence-electron chi connectivity index (χ2n) is 12.5. The minimum absolute atomic E-state index is 0.00115. The highest BCUT2D eigenvalue weighted by Gasteiger charge is 2.64. The Hall–Kier alpha value is -0.700. The third-order valence-electron chi connectivity index (χ3n) is 10.4. The monoisotopic (exact) mass is 416 g/mol. The Balaban J connectivity index is 1.55. The van der Waals surface area contributed by atoms with Gasteiger partial charge in [0.1, 0.15) is 11.6 Å². The van der Waals surface area contributed by atoms with Gasteiger partial charge in [-0.25, -0.2) is 0 Å². The van der Waals surface area contributed by atoms with Crippen LogP contribution in [-0.4, -0.2) is 22.8 Å². The number of aliphatic hydroxyl groups excluding tert-OH is 1. The summed E-state index contributed by atoms with van der Waals surface area (Å²) in [6, 6.07) is 0. The summed E-state index contributed by atoms with van der Waals surface area (Å²) in [5.74, 6) is 3.67. The Bertz CT molecular complexity index is 684. The maximum absolute atomic E-state index is 13.2. The lowest BCUT2D eigenvalue weighted by Gasteiger charge is -2.59. The molecule has 0 heterocycles. The van der Waals surface area contributed by atoms with Gasteiger partial charge in [0.05, 0.1) is 6.10 Å². The molecule has 4 aliphatic carbocycles. The van der Waals surface area contributed by atoms with Gasteiger partial charge in [-0.2, -0.15) is 0 Å². The van der Waals surface area contributed by atoms with Crippen LogP contribution in [0.2, 0.25) is 0 Å². The number of ketones is 2. The topological polar surface area (TPSA) is 54.4 Å². The molecule has 0 bridgehead atoms. The van der Waals surface area contributed by atoms with Crippen LogP contribution in [0.3, 0.4) is 0 Å². The average molecular weight is 417 g/mol. The van der Waals surface area contributed by atoms with Gasteiger partial charge in [0.25, 0.3) is 0 Å². The van der Waals surface area contributed by atoms with Crippen molar-refractivity contribution in [3.05, 3.63) is 0 Å². The standard InChI is InChI=1S/C27H44O3/c1-16(2)7-6-8-17(3)25-24(30)15-21-19-14-23(29)22-13-18(28)9-11-26(22,4)20(19)10-12-27(21,25)5/h16-17,19-22,24-25,30H,6-15H2,1-5H3/t17-,19?,20?,21?,22-,24+,25+,26-,27+/m1/s1. The van der Waals surface area contributed by atoms with E-state index in [9.17, 15) is 14.7 Å². The predicted molar refractivity (Wildman–Crippen MR) is 120 cm³/mol. The van der Waals surface area contributed by atoms with Gasteiger partial charge in [0.2, 0.25) is 0 Å². The molecule has 4 saturated carbocycles. The maximum Gasteiger partial charge on any atom is 0.137 e. The van der Waals surface area contributed by atoms with E-state index in [0.29, 0.717) is 54.6 Å². The number of rotatable bonds is 5. The quantitative estimate of drug-likeness (QED) is 0.614. The molecule has 3 unspecified atom stereocenters. The number of carbonyl (C=O) groups excluding carboxylic acids is 2. The number of aliphatic hydroxyl groups is 1. The Morgan fingerprint density at radius 1 is 1.00 bits per heavy atom. The average Bonchev–Trinajstić information content (AvgIpc) is 2.93. The highest BCUT2D eigenvalue weighted by atomic mass is 16.3. The van der Waals surface area contributed by atoms with Crippen LogP contribution in [0.25, 0.3) is 0 Å². The first-order valence-electron chi connectivity index (χ1n) is 12.8. The van der Waals surface area contributed by atoms with E-state index in [-0.39, 0.29) is 28.6 Å². The van der Waals surface area contributed by atoms with Crippen LogP contribution in [-0.2, 0) is 9.59 Å². The third-order valence-corrected chi connectivity index (χ3v) is 10.4. The summed E-state index contributed by atoms with van der Waals surface area (Å²) in [5, 5.41) is 11.2. The zero-order valence-electron chi connectivity index (χ0n) is 20.0. The smallest absolute Gasteiger partial charge is 0.137 e. The van der Waals surface area contributed by atoms with Crippen molar-refractivity contribution >= 4 is 11.6 Å². The van der Waals surface area contributed by atoms with Gasteiger partial charge in [-0.15, -0.1) is 0 Å². The fourth-order valence-corrected chi connectivity index (χ4v) is 8.95. The molecule has 0 aromatic rings. The second-order valence-corrected chi connectivity index (χ2v) is 12.5. The summed E-state index contributed by atoms with van der Waals surface area (Å²) in [5.41, 5.74) is 0.160. The van der Waals surface area contributed by atoms with Gasteiger partial charge >= 0.3 is 0 Å². The largest absolute Gasteiger partial charge is 0.393 e. The molecule has 0 aliphatic heterocycles. The van der Waals surface area contributed by atoms with E-state index >= 15 is 0 Å². The number of hydrogen-bond acceptors (Lipinski definition) is 3. The van der Waals surface area contributed by atoms with Gasteiger partial charge in [-0.1, -0.05) is 53.9 Å². The van der Waals surface area contributed by atoms with Crippen molar-refractivity contribution in [3.63, 3.8) is 0 Å². The summed E-state index contributed by atoms with van der Waals surface area (Å²) in [6.07, 6.45) is 9.42. The summed E-state index contributed by atoms with van der Waals surface area (Å²) in [4.78, 5) is 25.3. The van der Waals surface area contributed by atoms with E-state index in [1.54, 1.807) is 0 Å². The highest BCUT2D eigenvalue weighted by molar-refractivity contribution is 5.90. The van der Waals surface area contributed by atoms with E-state index in [1.807, 2.05) is 0 Å². The zero-order valence-corrected chi connectivity index (χ0v) is 20.0. The Morgan fingerprint density at radius 3 is 2.43 bits per heavy atom. The minimum atomic E-state index is -0.221. The van der Waals surface area contributed by atoms with E-state index in [2.05, 4.69) is 34.6 Å². The molecular formula is C27H44O3. The van der Waals surface area contributed by atoms with E-state index in [4.69, 9.17) is 0 Å². The molecule has 0 amide bonds. The van der Waals surface area contributed by atoms with Crippen LogP contribution < -0.4 is 0 Å². The van der Waals surface area contributed by atoms with Gasteiger partial charge in [0, 0.05) is 25.2 Å². The van der Waals surface area contributed by atoms with Crippen molar-refractivity contribution < 1.29 is 14.7 Å². The van der Waals surface area contributed by atoms with Crippen molar-refractivity contribution in [2.75, 3.05) is 0 Å². The van der Waals surface area contributed by atoms with Crippen molar-refractivity contribution in [1.82, 2.24) is 0 Å². The summed E-state index contributed by atoms with van der Waals surface area (Å²) < 4.78 is 0. The number of hydrogen-bond donors (Lipinski definition) is 1. The summed E-state index contributed by atoms with van der Waals surface area (Å²) >= 11 is 0. The molecule has 0 saturated heterocycles. The number of fused-ring (bicyclic) bond motifs is 5. The summed E-state index contributed by atoms with van der Waals surface area (Å²) in [6.45, 7) is 11.7. The first-order valence-corrected chi connectivity index (χ1v) is 12.8. The molecule has 4 aliphatic rings. The van der Waals surface area contributed by atoms with Crippen molar-refractivity contribution in [3.8, 4) is 0 Å². The summed E-state index contributed by atoms with van der Waals surface area (Å²) in [7, 11) is 0. The Kier molecular flexibility index (Phi) is 6.01. The van der Waals surface area contributed by atoms with Crippen LogP contribution in [0.1, 0.15) is 98.8 Å². The first-order chi connectivity index (χ1) is 14.1. The fourth-order valence-electron chi connectivity index (χ4n) is 8.95. The first kappa shape index (κ1) is 22.5. The van der Waals surface area contributed by atoms with Gasteiger partial charge in [-0.05, 0) is 72.0 Å². The predicted octanol–water partition coefficient (Wildman–Crippen LogP) is 5.83. The molecule has 0 radical (unpaired) electrons. The fraction of sp³-hybridized carbons (Fsp3) is 0.926. The lowest BCUT2D eigenvalue weighted by molar-refractivity contribution is -0.159. The molecule has 0 aromatic carbocycles. The number of Topliss-reactive ketones (excluding diaryl/α,β-unsaturated/α-hetero) is 2. The molecule has 3 heteroatoms. The second kappa shape index (κ2) is 8.01. The highest BCUT2D eigenvalue weighted by Crippen LogP contribution is 2.67. The van der Waals surface area contributed by atoms with Crippen LogP contribution in [0.5, 0.6) is 0 Å². The lowest BCUT2D eigenvalue weighted by atomic mass is 9.44. The Morgan fingerprint density at radius 2 is 1.73 bits per heavy atom. The molecule has 30 heavy (non-hydrogen) atoms. The lowest BCUT2D eigenvalue weighted by Crippen LogP contribution is -2.56. The van der Waals surface area contributed by atoms with E-state index in [1.165, 1.54) is 32.1 Å². The van der Waals surface area contributed by atoms with E-state index in [0.717, 1.165) is 18.8 Å². The van der Waals surface area contributed by atoms with Crippen LogP contribution >= 0.6 is 0 Å². The molecule has 0 spiro atoms. The van der Waals surface area contributed by atoms with Crippen molar-refractivity contribution in [2.24, 2.45) is 52.3 Å². The SMILES string of the molecule is CC(C)CCC[C@@H](C)[C@H]1[C@@H](O)CC2C3CC(=O)[C@H]4CC(=O)CC[C@]4(C)C3CC[C@@]21C. The minimum Gasteiger partial charge on any atom is -0.393 e. The van der Waals surface area contributed by atoms with Crippen molar-refractivity contribution in [1.29, 1.82) is 0 Å². The molecule has 4 fully saturated rings. The van der Waals surface area contributed by atoms with E-state index < -0.39 is 0 Å². The van der Waals surface area contributed by atoms with Crippen molar-refractivity contribution in [2.45, 2.75) is 105 Å². The number of carbonyl (C=O) groups is 2. The molecule has 0 aromatic heterocycles. The molecule has 3 nitrogen and oxygen atoms in total. The van der Waals surface area contributed by atoms with Crippen LogP contribution in [0.15, 0.2) is 0 Å². The maximum atomic E-state index is 13.2. The normalized spacial score (nSPS) is 47.0.